The molecule has 0 radical (unpaired) electrons. The van der Waals surface area contributed by atoms with Crippen LogP contribution in [0.5, 0.6) is 0 Å². The SMILES string of the molecule is CC(=O)C(C(=O)c1ccccc1)C(=O)C(F)F. The van der Waals surface area contributed by atoms with Crippen molar-refractivity contribution in [1.29, 1.82) is 0 Å². The average Bonchev–Trinajstić information content (AvgIpc) is 2.29. The highest BCUT2D eigenvalue weighted by atomic mass is 19.3. The molecule has 3 nitrogen and oxygen atoms in total. The van der Waals surface area contributed by atoms with Gasteiger partial charge in [-0.3, -0.25) is 14.4 Å². The maximum atomic E-state index is 12.3. The van der Waals surface area contributed by atoms with Gasteiger partial charge in [0.15, 0.2) is 5.78 Å². The van der Waals surface area contributed by atoms with Crippen LogP contribution < -0.4 is 0 Å². The first kappa shape index (κ1) is 13.2. The van der Waals surface area contributed by atoms with E-state index in [1.165, 1.54) is 24.3 Å². The Labute approximate surface area is 96.4 Å². The highest BCUT2D eigenvalue weighted by molar-refractivity contribution is 6.24. The summed E-state index contributed by atoms with van der Waals surface area (Å²) in [5.74, 6) is -5.31. The number of carbonyl (C=O) groups excluding carboxylic acids is 3. The fraction of sp³-hybridized carbons (Fsp3) is 0.250. The summed E-state index contributed by atoms with van der Waals surface area (Å²) in [5.41, 5.74) is 0.0710. The molecule has 90 valence electrons. The van der Waals surface area contributed by atoms with Gasteiger partial charge in [0.1, 0.15) is 11.7 Å². The van der Waals surface area contributed by atoms with Crippen molar-refractivity contribution in [1.82, 2.24) is 0 Å². The molecule has 0 aliphatic carbocycles. The summed E-state index contributed by atoms with van der Waals surface area (Å²) in [5, 5.41) is 0. The second kappa shape index (κ2) is 5.43. The quantitative estimate of drug-likeness (QED) is 0.583. The number of Topliss-reactive ketones (excluding diaryl/α,β-unsaturated/α-hetero) is 3. The topological polar surface area (TPSA) is 51.2 Å². The van der Waals surface area contributed by atoms with Gasteiger partial charge in [-0.05, 0) is 6.92 Å². The van der Waals surface area contributed by atoms with E-state index in [1.807, 2.05) is 0 Å². The van der Waals surface area contributed by atoms with Crippen molar-refractivity contribution in [3.8, 4) is 0 Å². The smallest absolute Gasteiger partial charge is 0.297 e. The Morgan fingerprint density at radius 1 is 1.06 bits per heavy atom. The number of rotatable bonds is 5. The molecular weight excluding hydrogens is 230 g/mol. The second-order valence-corrected chi connectivity index (χ2v) is 3.48. The lowest BCUT2D eigenvalue weighted by Crippen LogP contribution is -2.34. The molecule has 0 aliphatic heterocycles. The van der Waals surface area contributed by atoms with Crippen LogP contribution in [0.3, 0.4) is 0 Å². The largest absolute Gasteiger partial charge is 0.299 e. The van der Waals surface area contributed by atoms with Gasteiger partial charge >= 0.3 is 0 Å². The summed E-state index contributed by atoms with van der Waals surface area (Å²) < 4.78 is 24.5. The Bertz CT molecular complexity index is 440. The van der Waals surface area contributed by atoms with Crippen molar-refractivity contribution >= 4 is 17.3 Å². The number of carbonyl (C=O) groups is 3. The molecule has 1 unspecified atom stereocenters. The Morgan fingerprint density at radius 2 is 1.59 bits per heavy atom. The van der Waals surface area contributed by atoms with Crippen LogP contribution >= 0.6 is 0 Å². The van der Waals surface area contributed by atoms with Crippen molar-refractivity contribution in [2.24, 2.45) is 5.92 Å². The van der Waals surface area contributed by atoms with Crippen LogP contribution in [-0.4, -0.2) is 23.8 Å². The van der Waals surface area contributed by atoms with Crippen molar-refractivity contribution in [3.05, 3.63) is 35.9 Å². The highest BCUT2D eigenvalue weighted by Gasteiger charge is 2.36. The van der Waals surface area contributed by atoms with Gasteiger partial charge in [0.2, 0.25) is 5.78 Å². The summed E-state index contributed by atoms with van der Waals surface area (Å²) in [7, 11) is 0. The lowest BCUT2D eigenvalue weighted by Gasteiger charge is -2.10. The molecule has 1 rings (SSSR count). The minimum Gasteiger partial charge on any atom is -0.299 e. The zero-order valence-electron chi connectivity index (χ0n) is 9.02. The lowest BCUT2D eigenvalue weighted by molar-refractivity contribution is -0.137. The summed E-state index contributed by atoms with van der Waals surface area (Å²) in [6.45, 7) is 0.950. The van der Waals surface area contributed by atoms with Gasteiger partial charge in [0.05, 0.1) is 0 Å². The molecule has 0 saturated heterocycles. The van der Waals surface area contributed by atoms with Crippen molar-refractivity contribution in [3.63, 3.8) is 0 Å². The molecule has 1 aromatic rings. The van der Waals surface area contributed by atoms with E-state index < -0.39 is 29.7 Å². The van der Waals surface area contributed by atoms with E-state index in [9.17, 15) is 23.2 Å². The molecule has 0 amide bonds. The predicted molar refractivity (Wildman–Crippen MR) is 56.0 cm³/mol. The fourth-order valence-electron chi connectivity index (χ4n) is 1.41. The number of ketones is 3. The van der Waals surface area contributed by atoms with Crippen LogP contribution in [0.15, 0.2) is 30.3 Å². The monoisotopic (exact) mass is 240 g/mol. The zero-order valence-corrected chi connectivity index (χ0v) is 9.02. The van der Waals surface area contributed by atoms with Crippen LogP contribution in [0.2, 0.25) is 0 Å². The predicted octanol–water partition coefficient (Wildman–Crippen LogP) is 1.91. The van der Waals surface area contributed by atoms with Crippen LogP contribution in [0, 0.1) is 5.92 Å². The summed E-state index contributed by atoms with van der Waals surface area (Å²) >= 11 is 0. The molecule has 0 bridgehead atoms. The van der Waals surface area contributed by atoms with Gasteiger partial charge in [0, 0.05) is 5.56 Å². The zero-order chi connectivity index (χ0) is 13.0. The standard InChI is InChI=1S/C12H10F2O3/c1-7(15)9(11(17)12(13)14)10(16)8-5-3-2-4-6-8/h2-6,9,12H,1H3. The molecule has 5 heteroatoms. The molecule has 1 aromatic carbocycles. The van der Waals surface area contributed by atoms with E-state index in [4.69, 9.17) is 0 Å². The molecule has 0 spiro atoms. The van der Waals surface area contributed by atoms with Crippen LogP contribution in [0.25, 0.3) is 0 Å². The maximum Gasteiger partial charge on any atom is 0.297 e. The van der Waals surface area contributed by atoms with Gasteiger partial charge in [-0.25, -0.2) is 8.78 Å². The van der Waals surface area contributed by atoms with Crippen LogP contribution in [-0.2, 0) is 9.59 Å². The van der Waals surface area contributed by atoms with E-state index in [0.717, 1.165) is 6.92 Å². The van der Waals surface area contributed by atoms with E-state index in [2.05, 4.69) is 0 Å². The third kappa shape index (κ3) is 3.03. The summed E-state index contributed by atoms with van der Waals surface area (Å²) in [6.07, 6.45) is -3.32. The number of hydrogen-bond donors (Lipinski definition) is 0. The Balaban J connectivity index is 3.05. The summed E-state index contributed by atoms with van der Waals surface area (Å²) in [6, 6.07) is 7.43. The Morgan fingerprint density at radius 3 is 2.00 bits per heavy atom. The average molecular weight is 240 g/mol. The van der Waals surface area contributed by atoms with Gasteiger partial charge in [0.25, 0.3) is 6.43 Å². The highest BCUT2D eigenvalue weighted by Crippen LogP contribution is 2.15. The first-order chi connectivity index (χ1) is 7.95. The first-order valence-electron chi connectivity index (χ1n) is 4.86. The molecule has 0 heterocycles. The van der Waals surface area contributed by atoms with Gasteiger partial charge in [-0.2, -0.15) is 0 Å². The molecule has 0 aliphatic rings. The van der Waals surface area contributed by atoms with E-state index in [0.29, 0.717) is 0 Å². The second-order valence-electron chi connectivity index (χ2n) is 3.48. The van der Waals surface area contributed by atoms with Crippen molar-refractivity contribution < 1.29 is 23.2 Å². The third-order valence-corrected chi connectivity index (χ3v) is 2.23. The maximum absolute atomic E-state index is 12.3. The number of benzene rings is 1. The summed E-state index contributed by atoms with van der Waals surface area (Å²) in [4.78, 5) is 34.0. The first-order valence-corrected chi connectivity index (χ1v) is 4.86. The molecule has 1 atom stereocenters. The molecule has 17 heavy (non-hydrogen) atoms. The number of alkyl halides is 2. The minimum atomic E-state index is -3.32. The molecule has 0 aromatic heterocycles. The van der Waals surface area contributed by atoms with Crippen molar-refractivity contribution in [2.45, 2.75) is 13.3 Å². The van der Waals surface area contributed by atoms with Crippen molar-refractivity contribution in [2.75, 3.05) is 0 Å². The van der Waals surface area contributed by atoms with E-state index >= 15 is 0 Å². The number of hydrogen-bond acceptors (Lipinski definition) is 3. The normalized spacial score (nSPS) is 12.2. The molecular formula is C12H10F2O3. The van der Waals surface area contributed by atoms with E-state index in [-0.39, 0.29) is 5.56 Å². The molecule has 0 fully saturated rings. The van der Waals surface area contributed by atoms with E-state index in [1.54, 1.807) is 6.07 Å². The van der Waals surface area contributed by atoms with Gasteiger partial charge in [-0.1, -0.05) is 30.3 Å². The van der Waals surface area contributed by atoms with Gasteiger partial charge in [-0.15, -0.1) is 0 Å². The lowest BCUT2D eigenvalue weighted by atomic mass is 9.90. The number of halogens is 2. The Kier molecular flexibility index (Phi) is 4.20. The van der Waals surface area contributed by atoms with Crippen LogP contribution in [0.4, 0.5) is 8.78 Å². The minimum absolute atomic E-state index is 0.0710. The molecule has 0 saturated carbocycles. The fourth-order valence-corrected chi connectivity index (χ4v) is 1.41. The Hall–Kier alpha value is -1.91. The van der Waals surface area contributed by atoms with Gasteiger partial charge < -0.3 is 0 Å². The third-order valence-electron chi connectivity index (χ3n) is 2.23. The molecule has 0 N–H and O–H groups in total. The van der Waals surface area contributed by atoms with Crippen LogP contribution in [0.1, 0.15) is 17.3 Å².